The molecule has 0 radical (unpaired) electrons. The first-order valence-electron chi connectivity index (χ1n) is 9.35. The number of carboxylic acid groups (broad SMARTS) is 1. The van der Waals surface area contributed by atoms with Gasteiger partial charge in [0.15, 0.2) is 0 Å². The molecule has 7 nitrogen and oxygen atoms in total. The summed E-state index contributed by atoms with van der Waals surface area (Å²) in [6.07, 6.45) is 1.25. The summed E-state index contributed by atoms with van der Waals surface area (Å²) in [6.45, 7) is 4.76. The van der Waals surface area contributed by atoms with Crippen molar-refractivity contribution >= 4 is 17.8 Å². The van der Waals surface area contributed by atoms with Gasteiger partial charge in [-0.25, -0.2) is 0 Å². The van der Waals surface area contributed by atoms with E-state index in [1.54, 1.807) is 35.2 Å². The third-order valence-corrected chi connectivity index (χ3v) is 5.25. The number of amides is 2. The number of nitrogens with zero attached hydrogens (tertiary/aromatic N) is 2. The zero-order valence-electron chi connectivity index (χ0n) is 15.7. The minimum atomic E-state index is -1.32. The largest absolute Gasteiger partial charge is 0.548 e. The number of carbonyl (C=O) groups excluding carboxylic acids is 3. The van der Waals surface area contributed by atoms with Crippen molar-refractivity contribution in [2.45, 2.75) is 44.9 Å². The van der Waals surface area contributed by atoms with Crippen molar-refractivity contribution in [1.29, 1.82) is 0 Å². The first-order chi connectivity index (χ1) is 12.8. The molecule has 1 aromatic rings. The number of piperidine rings is 1. The number of aliphatic carboxylic acids is 1. The van der Waals surface area contributed by atoms with E-state index in [1.165, 1.54) is 4.90 Å². The van der Waals surface area contributed by atoms with Gasteiger partial charge in [-0.05, 0) is 18.1 Å². The van der Waals surface area contributed by atoms with Crippen LogP contribution in [-0.4, -0.2) is 59.0 Å². The molecule has 0 bridgehead atoms. The third-order valence-electron chi connectivity index (χ3n) is 5.25. The Morgan fingerprint density at radius 2 is 1.81 bits per heavy atom. The van der Waals surface area contributed by atoms with Crippen LogP contribution in [0.4, 0.5) is 0 Å². The molecule has 2 aliphatic rings. The third kappa shape index (κ3) is 3.83. The van der Waals surface area contributed by atoms with Gasteiger partial charge < -0.3 is 19.5 Å². The number of rotatable bonds is 4. The molecule has 1 spiro atoms. The van der Waals surface area contributed by atoms with Crippen molar-refractivity contribution in [3.05, 3.63) is 35.9 Å². The molecule has 0 saturated carbocycles. The lowest BCUT2D eigenvalue weighted by Crippen LogP contribution is -2.60. The van der Waals surface area contributed by atoms with E-state index in [0.717, 1.165) is 0 Å². The van der Waals surface area contributed by atoms with Gasteiger partial charge in [-0.15, -0.1) is 0 Å². The molecule has 1 atom stereocenters. The number of benzene rings is 1. The Bertz CT molecular complexity index is 710. The van der Waals surface area contributed by atoms with Crippen LogP contribution in [0.5, 0.6) is 0 Å². The Labute approximate surface area is 158 Å². The van der Waals surface area contributed by atoms with Crippen LogP contribution in [-0.2, 0) is 14.3 Å². The minimum absolute atomic E-state index is 0.0789. The summed E-state index contributed by atoms with van der Waals surface area (Å²) in [4.78, 5) is 40.1. The topological polar surface area (TPSA) is 90.0 Å². The highest BCUT2D eigenvalue weighted by molar-refractivity contribution is 5.97. The summed E-state index contributed by atoms with van der Waals surface area (Å²) in [5.41, 5.74) is -0.598. The second-order valence-corrected chi connectivity index (χ2v) is 7.61. The molecule has 2 aliphatic heterocycles. The van der Waals surface area contributed by atoms with E-state index in [1.807, 2.05) is 13.8 Å². The van der Waals surface area contributed by atoms with E-state index in [9.17, 15) is 19.5 Å². The van der Waals surface area contributed by atoms with E-state index >= 15 is 0 Å². The number of carbonyl (C=O) groups is 3. The smallest absolute Gasteiger partial charge is 0.256 e. The van der Waals surface area contributed by atoms with E-state index in [4.69, 9.17) is 4.74 Å². The van der Waals surface area contributed by atoms with Crippen LogP contribution in [0, 0.1) is 5.92 Å². The molecule has 7 heteroatoms. The lowest BCUT2D eigenvalue weighted by molar-refractivity contribution is -0.310. The first-order valence-corrected chi connectivity index (χ1v) is 9.35. The summed E-state index contributed by atoms with van der Waals surface area (Å²) in [5.74, 6) is -1.36. The Morgan fingerprint density at radius 1 is 1.19 bits per heavy atom. The monoisotopic (exact) mass is 373 g/mol. The number of hydrogen-bond acceptors (Lipinski definition) is 5. The summed E-state index contributed by atoms with van der Waals surface area (Å²) in [6, 6.07) is 7.44. The highest BCUT2D eigenvalue weighted by Gasteiger charge is 2.52. The molecule has 0 aliphatic carbocycles. The van der Waals surface area contributed by atoms with Crippen molar-refractivity contribution in [3.8, 4) is 0 Å². The fourth-order valence-corrected chi connectivity index (χ4v) is 3.85. The van der Waals surface area contributed by atoms with E-state index in [0.29, 0.717) is 37.9 Å². The molecule has 27 heavy (non-hydrogen) atoms. The SMILES string of the molecule is CC(C)CC(=O)N1CCC2(CC1)OC[C@@H](C(=O)[O-])N2C(=O)c1ccccc1. The summed E-state index contributed by atoms with van der Waals surface area (Å²) in [5, 5.41) is 11.6. The van der Waals surface area contributed by atoms with Gasteiger partial charge in [-0.3, -0.25) is 14.5 Å². The van der Waals surface area contributed by atoms with Crippen LogP contribution in [0.1, 0.15) is 43.5 Å². The quantitative estimate of drug-likeness (QED) is 0.773. The molecular formula is C20H25N2O5-. The number of hydrogen-bond donors (Lipinski definition) is 0. The Balaban J connectivity index is 1.81. The van der Waals surface area contributed by atoms with Crippen LogP contribution >= 0.6 is 0 Å². The fourth-order valence-electron chi connectivity index (χ4n) is 3.85. The zero-order chi connectivity index (χ0) is 19.6. The van der Waals surface area contributed by atoms with Crippen molar-refractivity contribution in [2.24, 2.45) is 5.92 Å². The van der Waals surface area contributed by atoms with Gasteiger partial charge in [0.1, 0.15) is 5.72 Å². The van der Waals surface area contributed by atoms with Crippen LogP contribution in [0.3, 0.4) is 0 Å². The zero-order valence-corrected chi connectivity index (χ0v) is 15.7. The summed E-state index contributed by atoms with van der Waals surface area (Å²) >= 11 is 0. The van der Waals surface area contributed by atoms with Gasteiger partial charge in [-0.1, -0.05) is 32.0 Å². The van der Waals surface area contributed by atoms with Gasteiger partial charge in [0, 0.05) is 37.9 Å². The predicted molar refractivity (Wildman–Crippen MR) is 95.4 cm³/mol. The molecule has 2 saturated heterocycles. The average molecular weight is 373 g/mol. The van der Waals surface area contributed by atoms with E-state index < -0.39 is 17.7 Å². The van der Waals surface area contributed by atoms with Crippen LogP contribution in [0.25, 0.3) is 0 Å². The van der Waals surface area contributed by atoms with E-state index in [-0.39, 0.29) is 24.3 Å². The summed E-state index contributed by atoms with van der Waals surface area (Å²) in [7, 11) is 0. The predicted octanol–water partition coefficient (Wildman–Crippen LogP) is 0.642. The molecule has 2 heterocycles. The molecule has 2 fully saturated rings. The lowest BCUT2D eigenvalue weighted by atomic mass is 9.96. The normalized spacial score (nSPS) is 21.7. The average Bonchev–Trinajstić information content (AvgIpc) is 3.01. The summed E-state index contributed by atoms with van der Waals surface area (Å²) < 4.78 is 5.87. The van der Waals surface area contributed by atoms with Crippen molar-refractivity contribution in [2.75, 3.05) is 19.7 Å². The standard InChI is InChI=1S/C20H26N2O5/c1-14(2)12-17(23)21-10-8-20(9-11-21)22(16(13-27-20)19(25)26)18(24)15-6-4-3-5-7-15/h3-7,14,16H,8-13H2,1-2H3,(H,25,26)/p-1/t16-/m0/s1. The van der Waals surface area contributed by atoms with E-state index in [2.05, 4.69) is 0 Å². The molecular weight excluding hydrogens is 348 g/mol. The first kappa shape index (κ1) is 19.4. The second kappa shape index (κ2) is 7.68. The Kier molecular flexibility index (Phi) is 5.51. The van der Waals surface area contributed by atoms with Crippen molar-refractivity contribution in [3.63, 3.8) is 0 Å². The maximum Gasteiger partial charge on any atom is 0.256 e. The fraction of sp³-hybridized carbons (Fsp3) is 0.550. The molecule has 3 rings (SSSR count). The maximum atomic E-state index is 13.1. The van der Waals surface area contributed by atoms with Gasteiger partial charge in [-0.2, -0.15) is 0 Å². The molecule has 1 aromatic carbocycles. The highest BCUT2D eigenvalue weighted by atomic mass is 16.5. The number of ether oxygens (including phenoxy) is 1. The Hall–Kier alpha value is -2.41. The van der Waals surface area contributed by atoms with Crippen LogP contribution in [0.15, 0.2) is 30.3 Å². The second-order valence-electron chi connectivity index (χ2n) is 7.61. The van der Waals surface area contributed by atoms with Gasteiger partial charge in [0.25, 0.3) is 5.91 Å². The minimum Gasteiger partial charge on any atom is -0.548 e. The van der Waals surface area contributed by atoms with Gasteiger partial charge >= 0.3 is 0 Å². The number of carboxylic acids is 1. The number of likely N-dealkylation sites (tertiary alicyclic amines) is 1. The maximum absolute atomic E-state index is 13.1. The van der Waals surface area contributed by atoms with Gasteiger partial charge in [0.05, 0.1) is 18.6 Å². The molecule has 146 valence electrons. The molecule has 2 amide bonds. The van der Waals surface area contributed by atoms with Crippen LogP contribution in [0.2, 0.25) is 0 Å². The lowest BCUT2D eigenvalue weighted by Gasteiger charge is -2.45. The molecule has 0 aromatic heterocycles. The van der Waals surface area contributed by atoms with Crippen molar-refractivity contribution in [1.82, 2.24) is 9.80 Å². The molecule has 0 unspecified atom stereocenters. The van der Waals surface area contributed by atoms with Crippen molar-refractivity contribution < 1.29 is 24.2 Å². The molecule has 0 N–H and O–H groups in total. The highest BCUT2D eigenvalue weighted by Crippen LogP contribution is 2.38. The van der Waals surface area contributed by atoms with Gasteiger partial charge in [0.2, 0.25) is 5.91 Å². The van der Waals surface area contributed by atoms with Crippen LogP contribution < -0.4 is 5.11 Å². The Morgan fingerprint density at radius 3 is 2.37 bits per heavy atom.